The van der Waals surface area contributed by atoms with Gasteiger partial charge in [-0.25, -0.2) is 0 Å². The number of aromatic nitrogens is 1. The fourth-order valence-corrected chi connectivity index (χ4v) is 2.25. The van der Waals surface area contributed by atoms with Crippen molar-refractivity contribution in [3.8, 4) is 0 Å². The molecule has 0 aliphatic rings. The topological polar surface area (TPSA) is 43.3 Å². The lowest BCUT2D eigenvalue weighted by Gasteiger charge is -2.25. The van der Waals surface area contributed by atoms with Crippen LogP contribution in [0.5, 0.6) is 0 Å². The Kier molecular flexibility index (Phi) is 6.62. The summed E-state index contributed by atoms with van der Waals surface area (Å²) in [5.74, 6) is 0. The molecule has 0 aliphatic heterocycles. The van der Waals surface area contributed by atoms with Crippen molar-refractivity contribution in [3.63, 3.8) is 0 Å². The summed E-state index contributed by atoms with van der Waals surface area (Å²) in [5.41, 5.74) is 1.90. The molecule has 4 nitrogen and oxygen atoms in total. The molecule has 4 heteroatoms. The molecule has 1 N–H and O–H groups in total. The van der Waals surface area contributed by atoms with Gasteiger partial charge in [0.15, 0.2) is 0 Å². The van der Waals surface area contributed by atoms with Crippen LogP contribution in [0.2, 0.25) is 0 Å². The molecule has 0 fully saturated rings. The van der Waals surface area contributed by atoms with Crippen molar-refractivity contribution >= 4 is 0 Å². The third-order valence-corrected chi connectivity index (χ3v) is 3.79. The molecule has 1 aromatic rings. The number of ether oxygens (including phenoxy) is 1. The Hall–Kier alpha value is -1.13. The fourth-order valence-electron chi connectivity index (χ4n) is 2.25. The maximum atomic E-state index is 12.7. The first-order valence-corrected chi connectivity index (χ1v) is 7.76. The van der Waals surface area contributed by atoms with Crippen molar-refractivity contribution in [3.05, 3.63) is 33.7 Å². The second kappa shape index (κ2) is 7.76. The fraction of sp³-hybridized carbons (Fsp3) is 0.706. The largest absolute Gasteiger partial charge is 0.383 e. The van der Waals surface area contributed by atoms with Gasteiger partial charge in [0, 0.05) is 42.9 Å². The van der Waals surface area contributed by atoms with E-state index in [9.17, 15) is 4.79 Å². The van der Waals surface area contributed by atoms with Crippen LogP contribution in [0.25, 0.3) is 0 Å². The molecule has 120 valence electrons. The van der Waals surface area contributed by atoms with Crippen LogP contribution in [0.1, 0.15) is 52.3 Å². The van der Waals surface area contributed by atoms with E-state index in [-0.39, 0.29) is 11.0 Å². The zero-order chi connectivity index (χ0) is 16.0. The number of nitrogens with one attached hydrogen (secondary N) is 1. The number of rotatable bonds is 7. The molecule has 0 amide bonds. The maximum absolute atomic E-state index is 12.7. The summed E-state index contributed by atoms with van der Waals surface area (Å²) in [6, 6.07) is 4.45. The van der Waals surface area contributed by atoms with Crippen LogP contribution in [0.15, 0.2) is 16.9 Å². The van der Waals surface area contributed by atoms with E-state index in [1.54, 1.807) is 7.11 Å². The zero-order valence-electron chi connectivity index (χ0n) is 14.3. The van der Waals surface area contributed by atoms with E-state index in [2.05, 4.69) is 46.0 Å². The van der Waals surface area contributed by atoms with Crippen LogP contribution in [-0.2, 0) is 23.2 Å². The van der Waals surface area contributed by atoms with Crippen LogP contribution in [-0.4, -0.2) is 24.3 Å². The van der Waals surface area contributed by atoms with Gasteiger partial charge >= 0.3 is 0 Å². The van der Waals surface area contributed by atoms with E-state index in [0.717, 1.165) is 17.7 Å². The predicted octanol–water partition coefficient (Wildman–Crippen LogP) is 2.68. The molecule has 0 spiro atoms. The normalized spacial score (nSPS) is 13.4. The van der Waals surface area contributed by atoms with Crippen LogP contribution in [0.4, 0.5) is 0 Å². The molecule has 0 radical (unpaired) electrons. The molecular formula is C17H30N2O2. The van der Waals surface area contributed by atoms with Crippen molar-refractivity contribution in [2.45, 2.75) is 65.6 Å². The summed E-state index contributed by atoms with van der Waals surface area (Å²) in [5, 5.41) is 3.39. The molecule has 1 aromatic heterocycles. The quantitative estimate of drug-likeness (QED) is 0.841. The highest BCUT2D eigenvalue weighted by molar-refractivity contribution is 5.21. The standard InChI is InChI=1S/C17H30N2O2/c1-7-13(2)18-12-14-8-9-15(17(3,4)5)19(16(14)20)10-11-21-6/h8-9,13,18H,7,10-12H2,1-6H3. The molecule has 0 aromatic carbocycles. The van der Waals surface area contributed by atoms with Gasteiger partial charge in [0.1, 0.15) is 0 Å². The minimum atomic E-state index is -0.0600. The van der Waals surface area contributed by atoms with E-state index in [0.29, 0.717) is 25.7 Å². The molecular weight excluding hydrogens is 264 g/mol. The Balaban J connectivity index is 3.11. The first-order valence-electron chi connectivity index (χ1n) is 7.76. The Morgan fingerprint density at radius 3 is 2.52 bits per heavy atom. The number of pyridine rings is 1. The smallest absolute Gasteiger partial charge is 0.255 e. The second-order valence-electron chi connectivity index (χ2n) is 6.63. The van der Waals surface area contributed by atoms with E-state index >= 15 is 0 Å². The van der Waals surface area contributed by atoms with E-state index in [1.807, 2.05) is 10.6 Å². The highest BCUT2D eigenvalue weighted by atomic mass is 16.5. The number of hydrogen-bond donors (Lipinski definition) is 1. The molecule has 0 saturated heterocycles. The third kappa shape index (κ3) is 4.97. The Bertz CT molecular complexity index is 500. The SMILES string of the molecule is CCC(C)NCc1ccc(C(C)(C)C)n(CCOC)c1=O. The van der Waals surface area contributed by atoms with E-state index in [4.69, 9.17) is 4.74 Å². The molecule has 1 rings (SSSR count). The first-order chi connectivity index (χ1) is 9.81. The number of nitrogens with zero attached hydrogens (tertiary/aromatic N) is 1. The van der Waals surface area contributed by atoms with Gasteiger partial charge in [-0.05, 0) is 19.4 Å². The average Bonchev–Trinajstić information content (AvgIpc) is 2.42. The van der Waals surface area contributed by atoms with E-state index < -0.39 is 0 Å². The molecule has 1 atom stereocenters. The monoisotopic (exact) mass is 294 g/mol. The lowest BCUT2D eigenvalue weighted by Crippen LogP contribution is -2.35. The summed E-state index contributed by atoms with van der Waals surface area (Å²) in [4.78, 5) is 12.7. The Morgan fingerprint density at radius 1 is 1.33 bits per heavy atom. The van der Waals surface area contributed by atoms with Gasteiger partial charge in [0.2, 0.25) is 0 Å². The van der Waals surface area contributed by atoms with Gasteiger partial charge in [-0.1, -0.05) is 33.8 Å². The maximum Gasteiger partial charge on any atom is 0.255 e. The van der Waals surface area contributed by atoms with Crippen molar-refractivity contribution < 1.29 is 4.74 Å². The highest BCUT2D eigenvalue weighted by Gasteiger charge is 2.20. The van der Waals surface area contributed by atoms with E-state index in [1.165, 1.54) is 0 Å². The van der Waals surface area contributed by atoms with Crippen LogP contribution in [0, 0.1) is 0 Å². The van der Waals surface area contributed by atoms with Crippen LogP contribution < -0.4 is 10.9 Å². The second-order valence-corrected chi connectivity index (χ2v) is 6.63. The molecule has 21 heavy (non-hydrogen) atoms. The lowest BCUT2D eigenvalue weighted by molar-refractivity contribution is 0.184. The predicted molar refractivity (Wildman–Crippen MR) is 87.9 cm³/mol. The highest BCUT2D eigenvalue weighted by Crippen LogP contribution is 2.21. The van der Waals surface area contributed by atoms with Gasteiger partial charge in [0.05, 0.1) is 6.61 Å². The lowest BCUT2D eigenvalue weighted by atomic mass is 9.90. The molecule has 1 heterocycles. The number of methoxy groups -OCH3 is 1. The minimum absolute atomic E-state index is 0.0600. The molecule has 0 saturated carbocycles. The number of hydrogen-bond acceptors (Lipinski definition) is 3. The van der Waals surface area contributed by atoms with Crippen molar-refractivity contribution in [1.82, 2.24) is 9.88 Å². The molecule has 1 unspecified atom stereocenters. The van der Waals surface area contributed by atoms with Gasteiger partial charge in [-0.2, -0.15) is 0 Å². The van der Waals surface area contributed by atoms with Gasteiger partial charge < -0.3 is 14.6 Å². The first kappa shape index (κ1) is 17.9. The minimum Gasteiger partial charge on any atom is -0.383 e. The summed E-state index contributed by atoms with van der Waals surface area (Å²) < 4.78 is 7.01. The molecule has 0 bridgehead atoms. The average molecular weight is 294 g/mol. The summed E-state index contributed by atoms with van der Waals surface area (Å²) in [7, 11) is 1.66. The van der Waals surface area contributed by atoms with Gasteiger partial charge in [-0.3, -0.25) is 4.79 Å². The Morgan fingerprint density at radius 2 is 2.00 bits per heavy atom. The van der Waals surface area contributed by atoms with Crippen molar-refractivity contribution in [1.29, 1.82) is 0 Å². The third-order valence-electron chi connectivity index (χ3n) is 3.79. The van der Waals surface area contributed by atoms with Crippen LogP contribution in [0.3, 0.4) is 0 Å². The van der Waals surface area contributed by atoms with Crippen molar-refractivity contribution in [2.24, 2.45) is 0 Å². The zero-order valence-corrected chi connectivity index (χ0v) is 14.3. The molecule has 0 aliphatic carbocycles. The van der Waals surface area contributed by atoms with Crippen molar-refractivity contribution in [2.75, 3.05) is 13.7 Å². The van der Waals surface area contributed by atoms with Gasteiger partial charge in [-0.15, -0.1) is 0 Å². The van der Waals surface area contributed by atoms with Crippen LogP contribution >= 0.6 is 0 Å². The summed E-state index contributed by atoms with van der Waals surface area (Å²) in [6.07, 6.45) is 1.05. The summed E-state index contributed by atoms with van der Waals surface area (Å²) >= 11 is 0. The summed E-state index contributed by atoms with van der Waals surface area (Å²) in [6.45, 7) is 12.4. The van der Waals surface area contributed by atoms with Gasteiger partial charge in [0.25, 0.3) is 5.56 Å². The Labute approximate surface area is 128 Å².